The highest BCUT2D eigenvalue weighted by Gasteiger charge is 2.41. The molecule has 2 saturated heterocycles. The number of hydrogen-bond acceptors (Lipinski definition) is 7. The first kappa shape index (κ1) is 42.6. The minimum absolute atomic E-state index is 0.138. The maximum atomic E-state index is 6.25. The Balaban J connectivity index is 0.000000269. The number of anilines is 2. The van der Waals surface area contributed by atoms with Crippen LogP contribution >= 0.6 is 0 Å². The van der Waals surface area contributed by atoms with E-state index in [2.05, 4.69) is 123 Å². The van der Waals surface area contributed by atoms with E-state index < -0.39 is 0 Å². The lowest BCUT2D eigenvalue weighted by molar-refractivity contribution is 0.0785. The number of nitrogen functional groups attached to an aromatic ring is 1. The predicted molar refractivity (Wildman–Crippen MR) is 231 cm³/mol. The van der Waals surface area contributed by atoms with Gasteiger partial charge >= 0.3 is 0 Å². The molecule has 0 spiro atoms. The van der Waals surface area contributed by atoms with E-state index in [0.717, 1.165) is 79.6 Å². The summed E-state index contributed by atoms with van der Waals surface area (Å²) in [4.78, 5) is 20.6. The highest BCUT2D eigenvalue weighted by atomic mass is 15.3. The number of aryl methyl sites for hydroxylation is 1. The summed E-state index contributed by atoms with van der Waals surface area (Å²) in [5.41, 5.74) is 12.3. The Labute approximate surface area is 323 Å². The molecule has 1 aromatic carbocycles. The molecule has 0 radical (unpaired) electrons. The van der Waals surface area contributed by atoms with Gasteiger partial charge < -0.3 is 25.8 Å². The molecule has 0 bridgehead atoms. The number of allylic oxidation sites excluding steroid dienone is 2. The maximum absolute atomic E-state index is 6.25. The molecule has 2 aliphatic heterocycles. The number of nitrogens with zero attached hydrogens (tertiary/aromatic N) is 5. The lowest BCUT2D eigenvalue weighted by Crippen LogP contribution is -2.55. The van der Waals surface area contributed by atoms with E-state index in [0.29, 0.717) is 17.3 Å². The third-order valence-corrected chi connectivity index (χ3v) is 12.6. The van der Waals surface area contributed by atoms with E-state index in [1.165, 1.54) is 75.8 Å². The number of pyridine rings is 1. The number of nitrogens with two attached hydrogens (primary N) is 1. The number of rotatable bonds is 18. The Hall–Kier alpha value is -3.10. The van der Waals surface area contributed by atoms with Crippen molar-refractivity contribution in [2.75, 3.05) is 56.9 Å². The molecule has 0 aliphatic carbocycles. The van der Waals surface area contributed by atoms with Gasteiger partial charge in [-0.2, -0.15) is 0 Å². The van der Waals surface area contributed by atoms with Crippen LogP contribution in [0, 0.1) is 10.8 Å². The standard InChI is InChI=1S/C27H40N6.C18H36N2/c1-7-9-10-22-30-23-20-17-19(11-12-21(20)29-25(28)24(23)31-22)32-13-15-33(16-14-32)27(5,6)18-26(3,4)8-2;1-6-18(4)15-16(2)20(17(18)3)14-12-10-8-7-9-11-13-19-5/h8,11-12,17H,2,7,9-10,13-16,18H2,1,3-6H3,(H2,28,29)(H,30,31);17,19H,2,6-15H2,1,3-5H3. The fraction of sp³-hybridized carbons (Fsp3) is 0.689. The van der Waals surface area contributed by atoms with Gasteiger partial charge in [-0.3, -0.25) is 4.90 Å². The largest absolute Gasteiger partial charge is 0.382 e. The predicted octanol–water partition coefficient (Wildman–Crippen LogP) is 10.1. The molecule has 4 heterocycles. The Morgan fingerprint density at radius 2 is 1.68 bits per heavy atom. The van der Waals surface area contributed by atoms with E-state index in [1.54, 1.807) is 0 Å². The average molecular weight is 729 g/mol. The summed E-state index contributed by atoms with van der Waals surface area (Å²) in [5, 5.41) is 4.29. The number of nitrogens with one attached hydrogen (secondary N) is 2. The van der Waals surface area contributed by atoms with Gasteiger partial charge in [0.1, 0.15) is 22.7 Å². The van der Waals surface area contributed by atoms with Crippen molar-refractivity contribution in [2.24, 2.45) is 10.8 Å². The third kappa shape index (κ3) is 11.0. The summed E-state index contributed by atoms with van der Waals surface area (Å²) in [6.45, 7) is 33.4. The fourth-order valence-electron chi connectivity index (χ4n) is 8.76. The van der Waals surface area contributed by atoms with E-state index in [9.17, 15) is 0 Å². The smallest absolute Gasteiger partial charge is 0.150 e. The summed E-state index contributed by atoms with van der Waals surface area (Å²) in [6, 6.07) is 7.17. The van der Waals surface area contributed by atoms with Crippen LogP contribution in [0.4, 0.5) is 11.5 Å². The van der Waals surface area contributed by atoms with Gasteiger partial charge in [0, 0.05) is 67.5 Å². The second kappa shape index (κ2) is 19.0. The molecule has 2 atom stereocenters. The molecular weight excluding hydrogens is 653 g/mol. The van der Waals surface area contributed by atoms with Crippen LogP contribution in [0.25, 0.3) is 21.9 Å². The van der Waals surface area contributed by atoms with Crippen molar-refractivity contribution in [3.8, 4) is 0 Å². The van der Waals surface area contributed by atoms with Crippen LogP contribution < -0.4 is 16.0 Å². The number of unbranched alkanes of at least 4 members (excludes halogenated alkanes) is 6. The lowest BCUT2D eigenvalue weighted by atomic mass is 9.79. The molecule has 2 aliphatic rings. The van der Waals surface area contributed by atoms with Crippen LogP contribution in [0.5, 0.6) is 0 Å². The number of hydrogen-bond donors (Lipinski definition) is 3. The highest BCUT2D eigenvalue weighted by Crippen LogP contribution is 2.44. The van der Waals surface area contributed by atoms with Gasteiger partial charge in [0.05, 0.1) is 5.52 Å². The van der Waals surface area contributed by atoms with Crippen LogP contribution in [-0.4, -0.2) is 82.6 Å². The monoisotopic (exact) mass is 729 g/mol. The first-order valence-electron chi connectivity index (χ1n) is 21.0. The summed E-state index contributed by atoms with van der Waals surface area (Å²) >= 11 is 0. The Morgan fingerprint density at radius 3 is 2.30 bits per heavy atom. The fourth-order valence-corrected chi connectivity index (χ4v) is 8.76. The highest BCUT2D eigenvalue weighted by molar-refractivity contribution is 6.07. The average Bonchev–Trinajstić information content (AvgIpc) is 3.67. The summed E-state index contributed by atoms with van der Waals surface area (Å²) in [5.74, 6) is 1.52. The molecule has 8 nitrogen and oxygen atoms in total. The SMILES string of the molecule is C=C1CC(C)(CC)C(C)N1CCCCCCCCNC.C=CC(C)(C)CC(C)(C)N1CCN(c2ccc3nc(N)c4[nH]c(CCCC)nc4c3c2)CC1. The molecule has 3 aromatic rings. The summed E-state index contributed by atoms with van der Waals surface area (Å²) in [7, 11) is 2.04. The van der Waals surface area contributed by atoms with Crippen LogP contribution in [0.2, 0.25) is 0 Å². The third-order valence-electron chi connectivity index (χ3n) is 12.6. The van der Waals surface area contributed by atoms with Gasteiger partial charge in [0.15, 0.2) is 0 Å². The minimum Gasteiger partial charge on any atom is -0.382 e. The van der Waals surface area contributed by atoms with Gasteiger partial charge in [-0.25, -0.2) is 9.97 Å². The Morgan fingerprint density at radius 1 is 1.00 bits per heavy atom. The zero-order valence-corrected chi connectivity index (χ0v) is 35.3. The topological polar surface area (TPSA) is 89.3 Å². The lowest BCUT2D eigenvalue weighted by Gasteiger charge is -2.47. The number of likely N-dealkylation sites (tertiary alicyclic amines) is 1. The van der Waals surface area contributed by atoms with Gasteiger partial charge in [-0.05, 0) is 102 Å². The van der Waals surface area contributed by atoms with Crippen LogP contribution in [-0.2, 0) is 6.42 Å². The first-order valence-corrected chi connectivity index (χ1v) is 21.0. The maximum Gasteiger partial charge on any atom is 0.150 e. The van der Waals surface area contributed by atoms with Crippen molar-refractivity contribution in [3.63, 3.8) is 0 Å². The number of imidazole rings is 1. The van der Waals surface area contributed by atoms with Crippen LogP contribution in [0.1, 0.15) is 132 Å². The van der Waals surface area contributed by atoms with Crippen molar-refractivity contribution in [1.82, 2.24) is 30.1 Å². The van der Waals surface area contributed by atoms with Gasteiger partial charge in [0.25, 0.3) is 0 Å². The minimum atomic E-state index is 0.138. The molecule has 2 aromatic heterocycles. The number of aromatic nitrogens is 3. The van der Waals surface area contributed by atoms with E-state index >= 15 is 0 Å². The second-order valence-electron chi connectivity index (χ2n) is 17.7. The number of H-pyrrole nitrogens is 1. The van der Waals surface area contributed by atoms with E-state index in [1.807, 2.05) is 7.05 Å². The molecule has 2 unspecified atom stereocenters. The quantitative estimate of drug-likeness (QED) is 0.0888. The van der Waals surface area contributed by atoms with Crippen molar-refractivity contribution in [2.45, 2.75) is 144 Å². The zero-order chi connectivity index (χ0) is 38.8. The molecule has 8 heteroatoms. The van der Waals surface area contributed by atoms with Crippen molar-refractivity contribution in [3.05, 3.63) is 49.0 Å². The number of aromatic amines is 1. The molecule has 4 N–H and O–H groups in total. The molecule has 5 rings (SSSR count). The second-order valence-corrected chi connectivity index (χ2v) is 17.7. The van der Waals surface area contributed by atoms with Crippen LogP contribution in [0.3, 0.4) is 0 Å². The van der Waals surface area contributed by atoms with Gasteiger partial charge in [0.2, 0.25) is 0 Å². The Kier molecular flexibility index (Phi) is 15.3. The van der Waals surface area contributed by atoms with Gasteiger partial charge in [-0.15, -0.1) is 6.58 Å². The number of piperazine rings is 1. The molecule has 53 heavy (non-hydrogen) atoms. The molecular formula is C45H76N8. The molecule has 0 saturated carbocycles. The summed E-state index contributed by atoms with van der Waals surface area (Å²) < 4.78 is 0. The molecule has 296 valence electrons. The van der Waals surface area contributed by atoms with Crippen molar-refractivity contribution >= 4 is 33.4 Å². The van der Waals surface area contributed by atoms with Gasteiger partial charge in [-0.1, -0.05) is 79.4 Å². The number of fused-ring (bicyclic) bond motifs is 3. The first-order chi connectivity index (χ1) is 25.2. The summed E-state index contributed by atoms with van der Waals surface area (Å²) in [6.07, 6.45) is 17.0. The zero-order valence-electron chi connectivity index (χ0n) is 35.3. The van der Waals surface area contributed by atoms with Crippen LogP contribution in [0.15, 0.2) is 43.1 Å². The molecule has 0 amide bonds. The Bertz CT molecular complexity index is 1610. The van der Waals surface area contributed by atoms with Crippen molar-refractivity contribution < 1.29 is 0 Å². The van der Waals surface area contributed by atoms with E-state index in [4.69, 9.17) is 10.7 Å². The van der Waals surface area contributed by atoms with E-state index in [-0.39, 0.29) is 11.0 Å². The normalized spacial score (nSPS) is 20.0. The molecule has 2 fully saturated rings. The number of benzene rings is 1. The van der Waals surface area contributed by atoms with Crippen molar-refractivity contribution in [1.29, 1.82) is 0 Å².